The van der Waals surface area contributed by atoms with Crippen LogP contribution >= 0.6 is 11.3 Å². The van der Waals surface area contributed by atoms with Crippen molar-refractivity contribution in [2.45, 2.75) is 58.1 Å². The van der Waals surface area contributed by atoms with Gasteiger partial charge in [-0.25, -0.2) is 9.78 Å². The van der Waals surface area contributed by atoms with Gasteiger partial charge in [0.2, 0.25) is 0 Å². The van der Waals surface area contributed by atoms with Crippen LogP contribution in [0.4, 0.5) is 0 Å². The van der Waals surface area contributed by atoms with E-state index >= 15 is 0 Å². The molecule has 0 saturated heterocycles. The molecule has 0 amide bonds. The molecular weight excluding hydrogens is 428 g/mol. The fourth-order valence-corrected chi connectivity index (χ4v) is 4.99. The first kappa shape index (κ1) is 22.2. The molecule has 1 aliphatic carbocycles. The summed E-state index contributed by atoms with van der Waals surface area (Å²) in [6.45, 7) is 1.73. The summed E-state index contributed by atoms with van der Waals surface area (Å²) in [4.78, 5) is 43.1. The third-order valence-electron chi connectivity index (χ3n) is 5.72. The van der Waals surface area contributed by atoms with E-state index < -0.39 is 11.9 Å². The maximum Gasteiger partial charge on any atom is 0.348 e. The second-order valence-corrected chi connectivity index (χ2v) is 9.03. The molecule has 2 aromatic heterocycles. The Balaban J connectivity index is 1.43. The van der Waals surface area contributed by atoms with Gasteiger partial charge in [0.15, 0.2) is 0 Å². The summed E-state index contributed by atoms with van der Waals surface area (Å²) in [6.07, 6.45) is 6.95. The van der Waals surface area contributed by atoms with Gasteiger partial charge < -0.3 is 9.47 Å². The van der Waals surface area contributed by atoms with E-state index in [1.54, 1.807) is 6.92 Å². The van der Waals surface area contributed by atoms with E-state index in [9.17, 15) is 14.4 Å². The average Bonchev–Trinajstić information content (AvgIpc) is 3.14. The minimum absolute atomic E-state index is 0.0591. The number of thiophene rings is 1. The minimum atomic E-state index is -0.506. The zero-order chi connectivity index (χ0) is 22.5. The predicted molar refractivity (Wildman–Crippen MR) is 122 cm³/mol. The Bertz CT molecular complexity index is 1160. The van der Waals surface area contributed by atoms with E-state index in [1.165, 1.54) is 17.3 Å². The fraction of sp³-hybridized carbons (Fsp3) is 0.417. The number of rotatable bonds is 7. The second kappa shape index (κ2) is 10.1. The summed E-state index contributed by atoms with van der Waals surface area (Å²) in [5, 5.41) is 0.352. The Labute approximate surface area is 190 Å². The number of hydrogen-bond donors (Lipinski definition) is 0. The SMILES string of the molecule is Cc1c(C(=O)OC2CCCCC2)sc2ncn(CC(=O)OCCc3ccccc3)c(=O)c12. The lowest BCUT2D eigenvalue weighted by Gasteiger charge is -2.21. The van der Waals surface area contributed by atoms with Crippen molar-refractivity contribution in [2.24, 2.45) is 0 Å². The Hall–Kier alpha value is -3.00. The third kappa shape index (κ3) is 5.07. The largest absolute Gasteiger partial charge is 0.464 e. The van der Waals surface area contributed by atoms with Gasteiger partial charge in [-0.05, 0) is 43.7 Å². The van der Waals surface area contributed by atoms with Gasteiger partial charge in [0.25, 0.3) is 5.56 Å². The maximum absolute atomic E-state index is 13.0. The highest BCUT2D eigenvalue weighted by Crippen LogP contribution is 2.29. The summed E-state index contributed by atoms with van der Waals surface area (Å²) < 4.78 is 12.2. The maximum atomic E-state index is 13.0. The minimum Gasteiger partial charge on any atom is -0.464 e. The molecule has 1 aliphatic rings. The number of esters is 2. The Morgan fingerprint density at radius 3 is 2.66 bits per heavy atom. The van der Waals surface area contributed by atoms with E-state index in [2.05, 4.69) is 4.98 Å². The lowest BCUT2D eigenvalue weighted by molar-refractivity contribution is -0.144. The number of carbonyl (C=O) groups is 2. The van der Waals surface area contributed by atoms with Gasteiger partial charge in [-0.15, -0.1) is 11.3 Å². The molecule has 32 heavy (non-hydrogen) atoms. The molecule has 2 heterocycles. The molecule has 1 saturated carbocycles. The first-order valence-corrected chi connectivity index (χ1v) is 11.7. The molecule has 0 atom stereocenters. The first-order chi connectivity index (χ1) is 15.5. The highest BCUT2D eigenvalue weighted by Gasteiger charge is 2.24. The normalized spacial score (nSPS) is 14.4. The van der Waals surface area contributed by atoms with Crippen LogP contribution in [0.5, 0.6) is 0 Å². The molecule has 0 spiro atoms. The molecule has 168 valence electrons. The molecule has 8 heteroatoms. The van der Waals surface area contributed by atoms with Gasteiger partial charge in [-0.3, -0.25) is 14.2 Å². The third-order valence-corrected chi connectivity index (χ3v) is 6.90. The van der Waals surface area contributed by atoms with Crippen LogP contribution in [0, 0.1) is 6.92 Å². The van der Waals surface area contributed by atoms with E-state index in [4.69, 9.17) is 9.47 Å². The summed E-state index contributed by atoms with van der Waals surface area (Å²) in [5.74, 6) is -0.905. The van der Waals surface area contributed by atoms with Crippen LogP contribution in [-0.2, 0) is 27.2 Å². The Kier molecular flexibility index (Phi) is 6.99. The number of benzene rings is 1. The second-order valence-electron chi connectivity index (χ2n) is 8.04. The van der Waals surface area contributed by atoms with Gasteiger partial charge in [-0.1, -0.05) is 36.8 Å². The van der Waals surface area contributed by atoms with Gasteiger partial charge in [0, 0.05) is 6.42 Å². The van der Waals surface area contributed by atoms with E-state index in [1.807, 2.05) is 30.3 Å². The van der Waals surface area contributed by atoms with Gasteiger partial charge in [0.05, 0.1) is 18.3 Å². The summed E-state index contributed by atoms with van der Waals surface area (Å²) in [5.41, 5.74) is 1.26. The quantitative estimate of drug-likeness (QED) is 0.501. The van der Waals surface area contributed by atoms with E-state index in [0.29, 0.717) is 27.1 Å². The molecule has 0 bridgehead atoms. The van der Waals surface area contributed by atoms with Crippen molar-refractivity contribution in [3.05, 3.63) is 63.0 Å². The highest BCUT2D eigenvalue weighted by atomic mass is 32.1. The molecule has 0 N–H and O–H groups in total. The molecule has 0 unspecified atom stereocenters. The molecule has 1 fully saturated rings. The molecule has 0 radical (unpaired) electrons. The van der Waals surface area contributed by atoms with Crippen molar-refractivity contribution in [3.63, 3.8) is 0 Å². The number of hydrogen-bond acceptors (Lipinski definition) is 7. The van der Waals surface area contributed by atoms with E-state index in [-0.39, 0.29) is 24.8 Å². The van der Waals surface area contributed by atoms with Crippen LogP contribution in [0.2, 0.25) is 0 Å². The molecular formula is C24H26N2O5S. The monoisotopic (exact) mass is 454 g/mol. The zero-order valence-electron chi connectivity index (χ0n) is 18.0. The molecule has 7 nitrogen and oxygen atoms in total. The van der Waals surface area contributed by atoms with Crippen LogP contribution in [0.3, 0.4) is 0 Å². The Morgan fingerprint density at radius 2 is 1.91 bits per heavy atom. The Morgan fingerprint density at radius 1 is 1.16 bits per heavy atom. The van der Waals surface area contributed by atoms with Crippen molar-refractivity contribution in [2.75, 3.05) is 6.61 Å². The van der Waals surface area contributed by atoms with Crippen molar-refractivity contribution in [1.29, 1.82) is 0 Å². The van der Waals surface area contributed by atoms with Crippen molar-refractivity contribution in [3.8, 4) is 0 Å². The van der Waals surface area contributed by atoms with E-state index in [0.717, 1.165) is 42.6 Å². The number of aryl methyl sites for hydroxylation is 1. The summed E-state index contributed by atoms with van der Waals surface area (Å²) >= 11 is 1.16. The molecule has 3 aromatic rings. The smallest absolute Gasteiger partial charge is 0.348 e. The lowest BCUT2D eigenvalue weighted by atomic mass is 9.98. The van der Waals surface area contributed by atoms with Crippen LogP contribution < -0.4 is 5.56 Å². The standard InChI is InChI=1S/C24H26N2O5S/c1-16-20-22(32-21(16)24(29)31-18-10-6-3-7-11-18)25-15-26(23(20)28)14-19(27)30-13-12-17-8-4-2-5-9-17/h2,4-5,8-9,15,18H,3,6-7,10-14H2,1H3. The topological polar surface area (TPSA) is 87.5 Å². The molecule has 0 aliphatic heterocycles. The molecule has 1 aromatic carbocycles. The number of aromatic nitrogens is 2. The number of nitrogens with zero attached hydrogens (tertiary/aromatic N) is 2. The number of carbonyl (C=O) groups excluding carboxylic acids is 2. The van der Waals surface area contributed by atoms with Crippen LogP contribution in [-0.4, -0.2) is 34.2 Å². The highest BCUT2D eigenvalue weighted by molar-refractivity contribution is 7.20. The van der Waals surface area contributed by atoms with Gasteiger partial charge >= 0.3 is 11.9 Å². The van der Waals surface area contributed by atoms with Crippen LogP contribution in [0.1, 0.15) is 52.9 Å². The van der Waals surface area contributed by atoms with Crippen LogP contribution in [0.15, 0.2) is 41.5 Å². The van der Waals surface area contributed by atoms with Gasteiger partial charge in [-0.2, -0.15) is 0 Å². The molecule has 4 rings (SSSR count). The summed E-state index contributed by atoms with van der Waals surface area (Å²) in [6, 6.07) is 9.72. The zero-order valence-corrected chi connectivity index (χ0v) is 18.9. The first-order valence-electron chi connectivity index (χ1n) is 10.9. The van der Waals surface area contributed by atoms with Crippen LogP contribution in [0.25, 0.3) is 10.2 Å². The summed E-state index contributed by atoms with van der Waals surface area (Å²) in [7, 11) is 0. The predicted octanol–water partition coefficient (Wildman–Crippen LogP) is 4.04. The van der Waals surface area contributed by atoms with Crippen molar-refractivity contribution < 1.29 is 19.1 Å². The van der Waals surface area contributed by atoms with Crippen molar-refractivity contribution in [1.82, 2.24) is 9.55 Å². The van der Waals surface area contributed by atoms with Gasteiger partial charge in [0.1, 0.15) is 22.4 Å². The number of fused-ring (bicyclic) bond motifs is 1. The number of ether oxygens (including phenoxy) is 2. The fourth-order valence-electron chi connectivity index (χ4n) is 3.97. The average molecular weight is 455 g/mol. The van der Waals surface area contributed by atoms with Crippen molar-refractivity contribution >= 4 is 33.5 Å². The lowest BCUT2D eigenvalue weighted by Crippen LogP contribution is -2.26.